The van der Waals surface area contributed by atoms with Gasteiger partial charge in [-0.1, -0.05) is 67.6 Å². The fraction of sp³-hybridized carbons (Fsp3) is 0.368. The molecule has 5 heteroatoms. The molecule has 2 atom stereocenters. The molecule has 0 saturated carbocycles. The van der Waals surface area contributed by atoms with Crippen molar-refractivity contribution in [2.24, 2.45) is 5.92 Å². The quantitative estimate of drug-likeness (QED) is 0.816. The average Bonchev–Trinajstić information content (AvgIpc) is 2.55. The van der Waals surface area contributed by atoms with Gasteiger partial charge in [-0.25, -0.2) is 0 Å². The predicted molar refractivity (Wildman–Crippen MR) is 95.4 cm³/mol. The molecule has 2 aromatic carbocycles. The lowest BCUT2D eigenvalue weighted by atomic mass is 9.83. The van der Waals surface area contributed by atoms with Gasteiger partial charge in [0.25, 0.3) is 10.1 Å². The molecule has 0 radical (unpaired) electrons. The maximum absolute atomic E-state index is 11.2. The predicted octanol–water partition coefficient (Wildman–Crippen LogP) is 3.37. The van der Waals surface area contributed by atoms with Crippen molar-refractivity contribution in [3.8, 4) is 0 Å². The summed E-state index contributed by atoms with van der Waals surface area (Å²) in [4.78, 5) is 2.35. The standard InChI is InChI=1S/C19H23NO3S/c1-2-18-17(14-24(21,22)23)13-20(18)19(15-9-5-3-6-10-15)16-11-7-4-8-12-16/h3-12,17-19H,2,13-14H2,1H3,(H,21,22,23)/t17-,18-/m0/s1. The van der Waals surface area contributed by atoms with Gasteiger partial charge in [0.05, 0.1) is 11.8 Å². The van der Waals surface area contributed by atoms with Gasteiger partial charge in [0.2, 0.25) is 0 Å². The van der Waals surface area contributed by atoms with E-state index >= 15 is 0 Å². The van der Waals surface area contributed by atoms with Crippen LogP contribution in [0.15, 0.2) is 60.7 Å². The third kappa shape index (κ3) is 3.69. The molecule has 1 aliphatic heterocycles. The van der Waals surface area contributed by atoms with E-state index in [0.717, 1.165) is 6.42 Å². The zero-order valence-electron chi connectivity index (χ0n) is 13.7. The minimum absolute atomic E-state index is 0.0140. The Morgan fingerprint density at radius 2 is 1.54 bits per heavy atom. The van der Waals surface area contributed by atoms with E-state index in [-0.39, 0.29) is 23.8 Å². The molecule has 0 unspecified atom stereocenters. The van der Waals surface area contributed by atoms with Crippen molar-refractivity contribution in [3.05, 3.63) is 71.8 Å². The van der Waals surface area contributed by atoms with Gasteiger partial charge in [-0.2, -0.15) is 8.42 Å². The highest BCUT2D eigenvalue weighted by atomic mass is 32.2. The molecule has 0 spiro atoms. The number of hydrogen-bond acceptors (Lipinski definition) is 3. The van der Waals surface area contributed by atoms with Crippen molar-refractivity contribution < 1.29 is 13.0 Å². The number of rotatable bonds is 6. The first-order valence-electron chi connectivity index (χ1n) is 8.30. The molecule has 0 bridgehead atoms. The molecule has 0 aromatic heterocycles. The van der Waals surface area contributed by atoms with Crippen LogP contribution in [0.3, 0.4) is 0 Å². The minimum Gasteiger partial charge on any atom is -0.289 e. The van der Waals surface area contributed by atoms with E-state index in [2.05, 4.69) is 36.1 Å². The van der Waals surface area contributed by atoms with Gasteiger partial charge in [0.1, 0.15) is 0 Å². The van der Waals surface area contributed by atoms with Gasteiger partial charge in [0.15, 0.2) is 0 Å². The highest BCUT2D eigenvalue weighted by molar-refractivity contribution is 7.85. The third-order valence-corrected chi connectivity index (χ3v) is 5.67. The van der Waals surface area contributed by atoms with Crippen molar-refractivity contribution in [2.45, 2.75) is 25.4 Å². The highest BCUT2D eigenvalue weighted by Gasteiger charge is 2.43. The van der Waals surface area contributed by atoms with Crippen LogP contribution in [-0.2, 0) is 10.1 Å². The lowest BCUT2D eigenvalue weighted by Gasteiger charge is -2.52. The van der Waals surface area contributed by atoms with E-state index in [1.54, 1.807) is 0 Å². The lowest BCUT2D eigenvalue weighted by molar-refractivity contribution is -0.00285. The minimum atomic E-state index is -3.93. The van der Waals surface area contributed by atoms with Crippen LogP contribution in [0.5, 0.6) is 0 Å². The normalized spacial score (nSPS) is 21.6. The second-order valence-electron chi connectivity index (χ2n) is 6.40. The Balaban J connectivity index is 1.90. The summed E-state index contributed by atoms with van der Waals surface area (Å²) < 4.78 is 31.7. The van der Waals surface area contributed by atoms with Gasteiger partial charge in [-0.3, -0.25) is 9.45 Å². The van der Waals surface area contributed by atoms with Crippen LogP contribution in [0.4, 0.5) is 0 Å². The van der Waals surface area contributed by atoms with E-state index in [1.165, 1.54) is 11.1 Å². The van der Waals surface area contributed by atoms with Crippen LogP contribution < -0.4 is 0 Å². The fourth-order valence-electron chi connectivity index (χ4n) is 3.81. The van der Waals surface area contributed by atoms with Gasteiger partial charge in [-0.05, 0) is 17.5 Å². The Morgan fingerprint density at radius 1 is 1.04 bits per heavy atom. The summed E-state index contributed by atoms with van der Waals surface area (Å²) in [5, 5.41) is 0. The Labute approximate surface area is 143 Å². The van der Waals surface area contributed by atoms with Crippen molar-refractivity contribution in [3.63, 3.8) is 0 Å². The Bertz CT molecular complexity index is 722. The summed E-state index contributed by atoms with van der Waals surface area (Å²) in [5.74, 6) is -0.168. The SMILES string of the molecule is CC[C@H]1[C@H](CS(=O)(=O)O)CN1C(c1ccccc1)c1ccccc1. The Hall–Kier alpha value is -1.69. The molecule has 128 valence electrons. The van der Waals surface area contributed by atoms with Crippen LogP contribution in [0, 0.1) is 5.92 Å². The summed E-state index contributed by atoms with van der Waals surface area (Å²) in [6.45, 7) is 2.74. The van der Waals surface area contributed by atoms with Crippen molar-refractivity contribution >= 4 is 10.1 Å². The first-order chi connectivity index (χ1) is 11.5. The molecule has 2 aromatic rings. The van der Waals surface area contributed by atoms with Gasteiger partial charge >= 0.3 is 0 Å². The van der Waals surface area contributed by atoms with Crippen LogP contribution in [0.1, 0.15) is 30.5 Å². The summed E-state index contributed by atoms with van der Waals surface area (Å²) in [5.41, 5.74) is 2.40. The van der Waals surface area contributed by atoms with E-state index in [0.29, 0.717) is 6.54 Å². The first kappa shape index (κ1) is 17.1. The first-order valence-corrected chi connectivity index (χ1v) is 9.91. The average molecular weight is 345 g/mol. The van der Waals surface area contributed by atoms with Crippen LogP contribution >= 0.6 is 0 Å². The van der Waals surface area contributed by atoms with Gasteiger partial charge < -0.3 is 0 Å². The maximum Gasteiger partial charge on any atom is 0.265 e. The lowest BCUT2D eigenvalue weighted by Crippen LogP contribution is -2.59. The number of benzene rings is 2. The molecule has 0 aliphatic carbocycles. The molecular formula is C19H23NO3S. The Morgan fingerprint density at radius 3 is 1.96 bits per heavy atom. The molecule has 1 N–H and O–H groups in total. The van der Waals surface area contributed by atoms with E-state index in [1.807, 2.05) is 36.4 Å². The molecule has 0 amide bonds. The summed E-state index contributed by atoms with van der Waals surface area (Å²) in [6.07, 6.45) is 0.857. The maximum atomic E-state index is 11.2. The van der Waals surface area contributed by atoms with Gasteiger partial charge in [-0.15, -0.1) is 0 Å². The van der Waals surface area contributed by atoms with Gasteiger partial charge in [0, 0.05) is 18.5 Å². The summed E-state index contributed by atoms with van der Waals surface area (Å²) in [7, 11) is -3.93. The molecule has 3 rings (SSSR count). The van der Waals surface area contributed by atoms with E-state index in [4.69, 9.17) is 0 Å². The second kappa shape index (κ2) is 7.05. The number of nitrogens with zero attached hydrogens (tertiary/aromatic N) is 1. The fourth-order valence-corrected chi connectivity index (χ4v) is 4.67. The smallest absolute Gasteiger partial charge is 0.265 e. The van der Waals surface area contributed by atoms with Crippen LogP contribution in [-0.4, -0.2) is 36.2 Å². The summed E-state index contributed by atoms with van der Waals surface area (Å²) in [6, 6.07) is 20.8. The Kier molecular flexibility index (Phi) is 5.04. The van der Waals surface area contributed by atoms with Crippen molar-refractivity contribution in [1.29, 1.82) is 0 Å². The van der Waals surface area contributed by atoms with Crippen LogP contribution in [0.2, 0.25) is 0 Å². The second-order valence-corrected chi connectivity index (χ2v) is 7.90. The zero-order valence-corrected chi connectivity index (χ0v) is 14.6. The highest BCUT2D eigenvalue weighted by Crippen LogP contribution is 2.40. The molecule has 1 fully saturated rings. The van der Waals surface area contributed by atoms with E-state index in [9.17, 15) is 13.0 Å². The monoisotopic (exact) mass is 345 g/mol. The molecule has 24 heavy (non-hydrogen) atoms. The number of likely N-dealkylation sites (tertiary alicyclic amines) is 1. The van der Waals surface area contributed by atoms with E-state index < -0.39 is 10.1 Å². The molecule has 1 heterocycles. The van der Waals surface area contributed by atoms with Crippen molar-refractivity contribution in [1.82, 2.24) is 4.90 Å². The molecule has 1 aliphatic rings. The number of hydrogen-bond donors (Lipinski definition) is 1. The van der Waals surface area contributed by atoms with Crippen LogP contribution in [0.25, 0.3) is 0 Å². The third-order valence-electron chi connectivity index (χ3n) is 4.82. The molecule has 1 saturated heterocycles. The molecular weight excluding hydrogens is 322 g/mol. The topological polar surface area (TPSA) is 57.6 Å². The summed E-state index contributed by atoms with van der Waals surface area (Å²) >= 11 is 0. The zero-order chi connectivity index (χ0) is 17.2. The largest absolute Gasteiger partial charge is 0.289 e. The molecule has 4 nitrogen and oxygen atoms in total. The van der Waals surface area contributed by atoms with Crippen molar-refractivity contribution in [2.75, 3.05) is 12.3 Å².